The summed E-state index contributed by atoms with van der Waals surface area (Å²) in [6.45, 7) is 7.67. The molecule has 3 rings (SSSR count). The Kier molecular flexibility index (Phi) is 6.00. The number of nitrogens with zero attached hydrogens (tertiary/aromatic N) is 3. The molecule has 0 radical (unpaired) electrons. The molecular weight excluding hydrogens is 410 g/mol. The molecule has 6 nitrogen and oxygen atoms in total. The normalized spacial score (nSPS) is 11.9. The fraction of sp³-hybridized carbons (Fsp3) is 0.292. The Morgan fingerprint density at radius 3 is 2.23 bits per heavy atom. The van der Waals surface area contributed by atoms with Gasteiger partial charge < -0.3 is 0 Å². The van der Waals surface area contributed by atoms with Crippen LogP contribution in [0, 0.1) is 13.8 Å². The topological polar surface area (TPSA) is 80.2 Å². The molecule has 162 valence electrons. The van der Waals surface area contributed by atoms with E-state index in [4.69, 9.17) is 0 Å². The van der Waals surface area contributed by atoms with Crippen molar-refractivity contribution in [2.24, 2.45) is 0 Å². The summed E-state index contributed by atoms with van der Waals surface area (Å²) in [5.41, 5.74) is 3.57. The highest BCUT2D eigenvalue weighted by Gasteiger charge is 2.34. The summed E-state index contributed by atoms with van der Waals surface area (Å²) in [5, 5.41) is -0.311. The van der Waals surface area contributed by atoms with Crippen molar-refractivity contribution >= 4 is 21.6 Å². The highest BCUT2D eigenvalue weighted by Crippen LogP contribution is 2.35. The molecule has 7 heteroatoms. The second-order valence-corrected chi connectivity index (χ2v) is 10.2. The number of amides is 1. The highest BCUT2D eigenvalue weighted by molar-refractivity contribution is 7.90. The van der Waals surface area contributed by atoms with E-state index in [9.17, 15) is 13.2 Å². The molecule has 0 aliphatic carbocycles. The van der Waals surface area contributed by atoms with Crippen molar-refractivity contribution in [2.75, 3.05) is 18.2 Å². The van der Waals surface area contributed by atoms with Crippen molar-refractivity contribution in [3.63, 3.8) is 0 Å². The summed E-state index contributed by atoms with van der Waals surface area (Å²) in [5.74, 6) is 0.0570. The molecule has 1 amide bonds. The van der Waals surface area contributed by atoms with Crippen LogP contribution in [-0.4, -0.2) is 37.6 Å². The van der Waals surface area contributed by atoms with Crippen molar-refractivity contribution < 1.29 is 13.2 Å². The first-order chi connectivity index (χ1) is 14.4. The lowest BCUT2D eigenvalue weighted by Crippen LogP contribution is -2.42. The second kappa shape index (κ2) is 8.23. The van der Waals surface area contributed by atoms with Crippen molar-refractivity contribution in [3.8, 4) is 11.1 Å². The van der Waals surface area contributed by atoms with E-state index in [1.165, 1.54) is 11.1 Å². The Bertz CT molecular complexity index is 1240. The number of aromatic nitrogens is 2. The summed E-state index contributed by atoms with van der Waals surface area (Å²) in [4.78, 5) is 23.4. The number of likely N-dealkylation sites (N-methyl/N-ethyl adjacent to an activating group) is 1. The van der Waals surface area contributed by atoms with Gasteiger partial charge in [-0.3, -0.25) is 9.69 Å². The van der Waals surface area contributed by atoms with Gasteiger partial charge in [0.2, 0.25) is 20.9 Å². The Labute approximate surface area is 183 Å². The van der Waals surface area contributed by atoms with Crippen LogP contribution in [0.3, 0.4) is 0 Å². The minimum absolute atomic E-state index is 0.205. The summed E-state index contributed by atoms with van der Waals surface area (Å²) < 4.78 is 24.3. The monoisotopic (exact) mass is 437 g/mol. The third-order valence-corrected chi connectivity index (χ3v) is 6.49. The van der Waals surface area contributed by atoms with Gasteiger partial charge in [-0.2, -0.15) is 4.98 Å². The Morgan fingerprint density at radius 1 is 0.968 bits per heavy atom. The van der Waals surface area contributed by atoms with Crippen LogP contribution in [0.25, 0.3) is 11.1 Å². The lowest BCUT2D eigenvalue weighted by Gasteiger charge is -2.30. The third-order valence-electron chi connectivity index (χ3n) is 5.63. The first-order valence-corrected chi connectivity index (χ1v) is 11.8. The van der Waals surface area contributed by atoms with Gasteiger partial charge in [-0.1, -0.05) is 48.5 Å². The van der Waals surface area contributed by atoms with Gasteiger partial charge in [-0.15, -0.1) is 0 Å². The maximum absolute atomic E-state index is 13.6. The molecule has 0 N–H and O–H groups in total. The number of anilines is 1. The van der Waals surface area contributed by atoms with Gasteiger partial charge in [-0.05, 0) is 49.9 Å². The van der Waals surface area contributed by atoms with Crippen LogP contribution >= 0.6 is 0 Å². The van der Waals surface area contributed by atoms with E-state index in [1.807, 2.05) is 76.2 Å². The van der Waals surface area contributed by atoms with E-state index >= 15 is 0 Å². The first kappa shape index (κ1) is 22.6. The molecule has 0 fully saturated rings. The van der Waals surface area contributed by atoms with E-state index in [1.54, 1.807) is 7.05 Å². The number of benzene rings is 2. The quantitative estimate of drug-likeness (QED) is 0.561. The van der Waals surface area contributed by atoms with E-state index in [0.717, 1.165) is 28.5 Å². The molecule has 0 aliphatic rings. The summed E-state index contributed by atoms with van der Waals surface area (Å²) >= 11 is 0. The fourth-order valence-corrected chi connectivity index (χ4v) is 4.01. The lowest BCUT2D eigenvalue weighted by molar-refractivity contribution is -0.122. The van der Waals surface area contributed by atoms with Crippen LogP contribution in [0.15, 0.2) is 59.9 Å². The lowest BCUT2D eigenvalue weighted by atomic mass is 9.83. The number of hydrogen-bond donors (Lipinski definition) is 0. The van der Waals surface area contributed by atoms with Gasteiger partial charge >= 0.3 is 0 Å². The molecule has 2 aromatic carbocycles. The molecule has 1 aromatic heterocycles. The molecular formula is C24H27N3O3S. The van der Waals surface area contributed by atoms with Crippen LogP contribution in [-0.2, 0) is 20.0 Å². The van der Waals surface area contributed by atoms with Gasteiger partial charge in [0, 0.05) is 25.1 Å². The molecule has 0 saturated heterocycles. The molecule has 0 unspecified atom stereocenters. The minimum atomic E-state index is -3.65. The van der Waals surface area contributed by atoms with Gasteiger partial charge in [0.25, 0.3) is 0 Å². The minimum Gasteiger partial charge on any atom is -0.299 e. The highest BCUT2D eigenvalue weighted by atomic mass is 32.2. The van der Waals surface area contributed by atoms with E-state index in [-0.39, 0.29) is 16.9 Å². The molecule has 0 saturated carbocycles. The zero-order valence-electron chi connectivity index (χ0n) is 18.7. The molecule has 31 heavy (non-hydrogen) atoms. The van der Waals surface area contributed by atoms with Gasteiger partial charge in [-0.25, -0.2) is 13.4 Å². The van der Waals surface area contributed by atoms with Gasteiger partial charge in [0.15, 0.2) is 0 Å². The van der Waals surface area contributed by atoms with Crippen LogP contribution in [0.1, 0.15) is 30.5 Å². The molecule has 1 heterocycles. The maximum Gasteiger partial charge on any atom is 0.248 e. The van der Waals surface area contributed by atoms with Crippen LogP contribution in [0.5, 0.6) is 0 Å². The number of carbonyl (C=O) groups is 1. The Balaban J connectivity index is 2.20. The van der Waals surface area contributed by atoms with E-state index in [2.05, 4.69) is 9.97 Å². The van der Waals surface area contributed by atoms with Crippen LogP contribution < -0.4 is 4.90 Å². The zero-order valence-corrected chi connectivity index (χ0v) is 19.5. The van der Waals surface area contributed by atoms with Crippen molar-refractivity contribution in [1.29, 1.82) is 0 Å². The molecule has 3 aromatic rings. The average molecular weight is 438 g/mol. The average Bonchev–Trinajstić information content (AvgIpc) is 2.74. The summed E-state index contributed by atoms with van der Waals surface area (Å²) in [7, 11) is -2.03. The number of rotatable bonds is 5. The SMILES string of the molecule is Cc1cccc(-c2cnc(S(C)(=O)=O)nc2N(C)C(=O)C(C)(C)c2ccccc2)c1C. The largest absolute Gasteiger partial charge is 0.299 e. The summed E-state index contributed by atoms with van der Waals surface area (Å²) in [6, 6.07) is 15.3. The zero-order chi connectivity index (χ0) is 23.0. The number of aryl methyl sites for hydroxylation is 1. The molecule has 0 spiro atoms. The van der Waals surface area contributed by atoms with E-state index < -0.39 is 15.3 Å². The summed E-state index contributed by atoms with van der Waals surface area (Å²) in [6.07, 6.45) is 2.54. The number of sulfone groups is 1. The van der Waals surface area contributed by atoms with Gasteiger partial charge in [0.1, 0.15) is 5.82 Å². The first-order valence-electron chi connectivity index (χ1n) is 9.92. The molecule has 0 bridgehead atoms. The predicted octanol–water partition coefficient (Wildman–Crippen LogP) is 4.10. The second-order valence-electron chi connectivity index (χ2n) is 8.26. The maximum atomic E-state index is 13.6. The van der Waals surface area contributed by atoms with Crippen molar-refractivity contribution in [2.45, 2.75) is 38.3 Å². The number of carbonyl (C=O) groups excluding carboxylic acids is 1. The van der Waals surface area contributed by atoms with Crippen molar-refractivity contribution in [3.05, 3.63) is 71.4 Å². The van der Waals surface area contributed by atoms with Crippen LogP contribution in [0.4, 0.5) is 5.82 Å². The Morgan fingerprint density at radius 2 is 1.61 bits per heavy atom. The fourth-order valence-electron chi connectivity index (χ4n) is 3.52. The number of hydrogen-bond acceptors (Lipinski definition) is 5. The molecule has 0 atom stereocenters. The van der Waals surface area contributed by atoms with E-state index in [0.29, 0.717) is 5.56 Å². The predicted molar refractivity (Wildman–Crippen MR) is 123 cm³/mol. The van der Waals surface area contributed by atoms with Crippen molar-refractivity contribution in [1.82, 2.24) is 9.97 Å². The Hall–Kier alpha value is -3.06. The third kappa shape index (κ3) is 4.37. The van der Waals surface area contributed by atoms with Crippen LogP contribution in [0.2, 0.25) is 0 Å². The molecule has 0 aliphatic heterocycles. The van der Waals surface area contributed by atoms with Gasteiger partial charge in [0.05, 0.1) is 5.41 Å². The smallest absolute Gasteiger partial charge is 0.248 e. The standard InChI is InChI=1S/C24H27N3O3S/c1-16-11-10-14-19(17(16)2)20-15-25-23(31(6,29)30)26-21(20)27(5)22(28)24(3,4)18-12-8-7-9-13-18/h7-15H,1-6H3.